The second-order valence-electron chi connectivity index (χ2n) is 6.92. The van der Waals surface area contributed by atoms with E-state index in [0.29, 0.717) is 17.8 Å². The van der Waals surface area contributed by atoms with Gasteiger partial charge in [0.2, 0.25) is 0 Å². The number of aromatic hydroxyl groups is 1. The monoisotopic (exact) mass is 426 g/mol. The number of carbonyl (C=O) groups is 2. The van der Waals surface area contributed by atoms with E-state index in [1.54, 1.807) is 23.7 Å². The fourth-order valence-electron chi connectivity index (χ4n) is 2.98. The van der Waals surface area contributed by atoms with Crippen molar-refractivity contribution in [2.45, 2.75) is 20.4 Å². The van der Waals surface area contributed by atoms with Gasteiger partial charge in [0.15, 0.2) is 0 Å². The second-order valence-corrected chi connectivity index (χ2v) is 7.28. The Balaban J connectivity index is 1.56. The molecule has 0 aliphatic carbocycles. The molecule has 0 bridgehead atoms. The molecule has 0 saturated carbocycles. The summed E-state index contributed by atoms with van der Waals surface area (Å²) in [6.07, 6.45) is 0. The Bertz CT molecular complexity index is 1060. The van der Waals surface area contributed by atoms with Crippen LogP contribution in [-0.2, 0) is 6.54 Å². The topological polar surface area (TPSA) is 96.3 Å². The van der Waals surface area contributed by atoms with Crippen LogP contribution in [0.5, 0.6) is 5.75 Å². The Morgan fingerprint density at radius 3 is 2.30 bits per heavy atom. The van der Waals surface area contributed by atoms with Crippen molar-refractivity contribution in [3.8, 4) is 5.75 Å². The second kappa shape index (κ2) is 9.45. The molecule has 0 fully saturated rings. The molecule has 0 saturated heterocycles. The molecule has 2 aromatic carbocycles. The summed E-state index contributed by atoms with van der Waals surface area (Å²) in [5.41, 5.74) is 3.22. The third kappa shape index (κ3) is 4.99. The molecule has 0 atom stereocenters. The van der Waals surface area contributed by atoms with Gasteiger partial charge in [-0.25, -0.2) is 4.68 Å². The molecule has 0 aliphatic heterocycles. The van der Waals surface area contributed by atoms with E-state index in [9.17, 15) is 14.7 Å². The van der Waals surface area contributed by atoms with Crippen LogP contribution >= 0.6 is 11.6 Å². The maximum Gasteiger partial charge on any atom is 0.256 e. The summed E-state index contributed by atoms with van der Waals surface area (Å²) in [6, 6.07) is 14.3. The number of amides is 2. The van der Waals surface area contributed by atoms with Gasteiger partial charge in [0, 0.05) is 13.1 Å². The van der Waals surface area contributed by atoms with Gasteiger partial charge in [-0.1, -0.05) is 53.6 Å². The number of carbonyl (C=O) groups excluding carboxylic acids is 2. The average Bonchev–Trinajstić information content (AvgIpc) is 3.00. The van der Waals surface area contributed by atoms with Crippen LogP contribution < -0.4 is 10.6 Å². The predicted molar refractivity (Wildman–Crippen MR) is 115 cm³/mol. The molecular weight excluding hydrogens is 404 g/mol. The van der Waals surface area contributed by atoms with Crippen molar-refractivity contribution in [2.24, 2.45) is 0 Å². The zero-order valence-electron chi connectivity index (χ0n) is 16.8. The van der Waals surface area contributed by atoms with Gasteiger partial charge in [0.05, 0.1) is 23.4 Å². The molecule has 156 valence electrons. The molecule has 3 aromatic rings. The normalized spacial score (nSPS) is 10.6. The summed E-state index contributed by atoms with van der Waals surface area (Å²) in [7, 11) is 0. The minimum absolute atomic E-state index is 0.0950. The van der Waals surface area contributed by atoms with Gasteiger partial charge in [0.1, 0.15) is 10.9 Å². The zero-order valence-corrected chi connectivity index (χ0v) is 17.5. The van der Waals surface area contributed by atoms with E-state index in [0.717, 1.165) is 11.1 Å². The first-order chi connectivity index (χ1) is 14.4. The van der Waals surface area contributed by atoms with Crippen molar-refractivity contribution in [3.05, 3.63) is 81.6 Å². The number of benzene rings is 2. The first-order valence-corrected chi connectivity index (χ1v) is 9.87. The van der Waals surface area contributed by atoms with Crippen LogP contribution in [0.4, 0.5) is 0 Å². The number of nitrogens with one attached hydrogen (secondary N) is 2. The molecule has 0 radical (unpaired) electrons. The van der Waals surface area contributed by atoms with E-state index >= 15 is 0 Å². The highest BCUT2D eigenvalue weighted by atomic mass is 35.5. The molecule has 7 nitrogen and oxygen atoms in total. The highest BCUT2D eigenvalue weighted by Crippen LogP contribution is 2.21. The van der Waals surface area contributed by atoms with Gasteiger partial charge in [-0.15, -0.1) is 0 Å². The van der Waals surface area contributed by atoms with Crippen molar-refractivity contribution in [2.75, 3.05) is 13.1 Å². The van der Waals surface area contributed by atoms with Crippen LogP contribution in [0.3, 0.4) is 0 Å². The Morgan fingerprint density at radius 2 is 1.63 bits per heavy atom. The van der Waals surface area contributed by atoms with E-state index in [2.05, 4.69) is 15.7 Å². The van der Waals surface area contributed by atoms with Crippen molar-refractivity contribution < 1.29 is 14.7 Å². The van der Waals surface area contributed by atoms with Crippen LogP contribution in [-0.4, -0.2) is 39.8 Å². The van der Waals surface area contributed by atoms with Gasteiger partial charge in [-0.3, -0.25) is 9.59 Å². The summed E-state index contributed by atoms with van der Waals surface area (Å²) in [6.45, 7) is 4.61. The maximum atomic E-state index is 12.6. The van der Waals surface area contributed by atoms with Gasteiger partial charge < -0.3 is 15.7 Å². The molecule has 1 heterocycles. The zero-order chi connectivity index (χ0) is 21.7. The van der Waals surface area contributed by atoms with Crippen LogP contribution in [0.15, 0.2) is 48.5 Å². The summed E-state index contributed by atoms with van der Waals surface area (Å²) in [5, 5.41) is 19.7. The molecular formula is C22H23ClN4O3. The Kier molecular flexibility index (Phi) is 6.74. The minimum atomic E-state index is -0.414. The van der Waals surface area contributed by atoms with Crippen LogP contribution in [0.2, 0.25) is 5.15 Å². The largest absolute Gasteiger partial charge is 0.507 e. The van der Waals surface area contributed by atoms with Gasteiger partial charge in [-0.05, 0) is 31.5 Å². The molecule has 0 unspecified atom stereocenters. The standard InChI is InChI=1S/C22H23ClN4O3/c1-14-7-9-16(10-8-14)13-27-20(23)19(15(2)26-27)22(30)25-12-11-24-21(29)17-5-3-4-6-18(17)28/h3-10,28H,11-13H2,1-2H3,(H,24,29)(H,25,30). The van der Waals surface area contributed by atoms with E-state index in [1.165, 1.54) is 12.1 Å². The summed E-state index contributed by atoms with van der Waals surface area (Å²) in [5.74, 6) is -0.866. The number of aromatic nitrogens is 2. The Hall–Kier alpha value is -3.32. The third-order valence-electron chi connectivity index (χ3n) is 4.59. The van der Waals surface area contributed by atoms with E-state index in [4.69, 9.17) is 11.6 Å². The lowest BCUT2D eigenvalue weighted by atomic mass is 10.1. The fraction of sp³-hybridized carbons (Fsp3) is 0.227. The molecule has 2 amide bonds. The summed E-state index contributed by atoms with van der Waals surface area (Å²) >= 11 is 6.41. The van der Waals surface area contributed by atoms with Crippen LogP contribution in [0.1, 0.15) is 37.5 Å². The van der Waals surface area contributed by atoms with Crippen molar-refractivity contribution in [1.82, 2.24) is 20.4 Å². The number of para-hydroxylation sites is 1. The van der Waals surface area contributed by atoms with Gasteiger partial charge in [0.25, 0.3) is 11.8 Å². The number of aryl methyl sites for hydroxylation is 2. The smallest absolute Gasteiger partial charge is 0.256 e. The quantitative estimate of drug-likeness (QED) is 0.506. The molecule has 30 heavy (non-hydrogen) atoms. The molecule has 3 N–H and O–H groups in total. The number of phenolic OH excluding ortho intramolecular Hbond substituents is 1. The van der Waals surface area contributed by atoms with Crippen LogP contribution in [0, 0.1) is 13.8 Å². The lowest BCUT2D eigenvalue weighted by Crippen LogP contribution is -2.35. The molecule has 0 aliphatic rings. The lowest BCUT2D eigenvalue weighted by Gasteiger charge is -2.08. The van der Waals surface area contributed by atoms with Crippen molar-refractivity contribution in [3.63, 3.8) is 0 Å². The summed E-state index contributed by atoms with van der Waals surface area (Å²) < 4.78 is 1.59. The van der Waals surface area contributed by atoms with Crippen molar-refractivity contribution in [1.29, 1.82) is 0 Å². The maximum absolute atomic E-state index is 12.6. The number of rotatable bonds is 7. The fourth-order valence-corrected chi connectivity index (χ4v) is 3.30. The predicted octanol–water partition coefficient (Wildman–Crippen LogP) is 3.07. The Morgan fingerprint density at radius 1 is 1.00 bits per heavy atom. The number of hydrogen-bond donors (Lipinski definition) is 3. The van der Waals surface area contributed by atoms with Crippen LogP contribution in [0.25, 0.3) is 0 Å². The van der Waals surface area contributed by atoms with E-state index < -0.39 is 5.91 Å². The van der Waals surface area contributed by atoms with E-state index in [1.807, 2.05) is 31.2 Å². The molecule has 3 rings (SSSR count). The van der Waals surface area contributed by atoms with Gasteiger partial charge >= 0.3 is 0 Å². The van der Waals surface area contributed by atoms with E-state index in [-0.39, 0.29) is 35.5 Å². The number of phenols is 1. The number of halogens is 1. The first-order valence-electron chi connectivity index (χ1n) is 9.49. The number of nitrogens with zero attached hydrogens (tertiary/aromatic N) is 2. The molecule has 1 aromatic heterocycles. The third-order valence-corrected chi connectivity index (χ3v) is 4.97. The highest BCUT2D eigenvalue weighted by molar-refractivity contribution is 6.33. The summed E-state index contributed by atoms with van der Waals surface area (Å²) in [4.78, 5) is 24.6. The lowest BCUT2D eigenvalue weighted by molar-refractivity contribution is 0.0925. The average molecular weight is 427 g/mol. The Labute approximate surface area is 179 Å². The molecule has 0 spiro atoms. The van der Waals surface area contributed by atoms with Crippen molar-refractivity contribution >= 4 is 23.4 Å². The van der Waals surface area contributed by atoms with Gasteiger partial charge in [-0.2, -0.15) is 5.10 Å². The molecule has 8 heteroatoms. The first kappa shape index (κ1) is 21.4. The SMILES string of the molecule is Cc1ccc(Cn2nc(C)c(C(=O)NCCNC(=O)c3ccccc3O)c2Cl)cc1. The highest BCUT2D eigenvalue weighted by Gasteiger charge is 2.20. The number of hydrogen-bond acceptors (Lipinski definition) is 4. The minimum Gasteiger partial charge on any atom is -0.507 e.